The van der Waals surface area contributed by atoms with Gasteiger partial charge >= 0.3 is 12.0 Å². The molecule has 2 atom stereocenters. The third-order valence-electron chi connectivity index (χ3n) is 5.02. The van der Waals surface area contributed by atoms with E-state index in [2.05, 4.69) is 10.3 Å². The highest BCUT2D eigenvalue weighted by atomic mass is 35.5. The van der Waals surface area contributed by atoms with Crippen LogP contribution in [0.3, 0.4) is 0 Å². The number of alkyl halides is 1. The zero-order chi connectivity index (χ0) is 18.5. The molecule has 7 heteroatoms. The van der Waals surface area contributed by atoms with Crippen molar-refractivity contribution >= 4 is 29.3 Å². The first-order chi connectivity index (χ1) is 12.6. The maximum atomic E-state index is 12.8. The first-order valence-corrected chi connectivity index (χ1v) is 9.51. The van der Waals surface area contributed by atoms with Gasteiger partial charge in [0.1, 0.15) is 11.7 Å². The Hall–Kier alpha value is -2.08. The summed E-state index contributed by atoms with van der Waals surface area (Å²) in [4.78, 5) is 28.6. The number of nitrogens with one attached hydrogen (secondary N) is 1. The van der Waals surface area contributed by atoms with Crippen LogP contribution < -0.4 is 5.32 Å². The number of phenolic OH excluding ortho intramolecular Hbond substituents is 1. The van der Waals surface area contributed by atoms with Crippen molar-refractivity contribution in [2.24, 2.45) is 16.8 Å². The van der Waals surface area contributed by atoms with Crippen LogP contribution in [-0.4, -0.2) is 35.3 Å². The van der Waals surface area contributed by atoms with Crippen LogP contribution in [0.2, 0.25) is 0 Å². The Morgan fingerprint density at radius 1 is 1.31 bits per heavy atom. The number of halogens is 1. The second kappa shape index (κ2) is 8.54. The fourth-order valence-corrected chi connectivity index (χ4v) is 3.89. The molecular weight excluding hydrogens is 356 g/mol. The molecule has 2 amide bonds. The van der Waals surface area contributed by atoms with Crippen molar-refractivity contribution in [1.29, 1.82) is 0 Å². The molecule has 0 spiro atoms. The monoisotopic (exact) mass is 378 g/mol. The standard InChI is InChI=1S/C19H23ClN2O4/c20-10-15-16(18(24)26-11-12-5-2-1-3-6-12)17(22-19(25)21-15)13-7-4-8-14(23)9-13/h4,7-9,12,16-17,23H,1-3,5-6,10-11H2,(H,22,25). The number of aliphatic imine (C=N–C) groups is 1. The number of hydrogen-bond acceptors (Lipinski definition) is 4. The Labute approximate surface area is 157 Å². The second-order valence-corrected chi connectivity index (χ2v) is 7.14. The van der Waals surface area contributed by atoms with Crippen molar-refractivity contribution in [2.75, 3.05) is 12.5 Å². The van der Waals surface area contributed by atoms with Crippen LogP contribution in [-0.2, 0) is 9.53 Å². The van der Waals surface area contributed by atoms with E-state index < -0.39 is 24.0 Å². The Morgan fingerprint density at radius 3 is 2.77 bits per heavy atom. The number of phenols is 1. The number of ether oxygens (including phenoxy) is 1. The van der Waals surface area contributed by atoms with E-state index in [0.29, 0.717) is 18.1 Å². The highest BCUT2D eigenvalue weighted by Crippen LogP contribution is 2.31. The summed E-state index contributed by atoms with van der Waals surface area (Å²) in [5.41, 5.74) is 0.896. The minimum Gasteiger partial charge on any atom is -0.508 e. The topological polar surface area (TPSA) is 88.0 Å². The van der Waals surface area contributed by atoms with Crippen molar-refractivity contribution in [2.45, 2.75) is 38.1 Å². The highest BCUT2D eigenvalue weighted by Gasteiger charge is 2.39. The zero-order valence-electron chi connectivity index (χ0n) is 14.5. The van der Waals surface area contributed by atoms with Gasteiger partial charge in [-0.15, -0.1) is 11.6 Å². The summed E-state index contributed by atoms with van der Waals surface area (Å²) in [6, 6.07) is 5.23. The highest BCUT2D eigenvalue weighted by molar-refractivity contribution is 6.32. The first kappa shape index (κ1) is 18.7. The van der Waals surface area contributed by atoms with E-state index >= 15 is 0 Å². The van der Waals surface area contributed by atoms with Crippen LogP contribution >= 0.6 is 11.6 Å². The lowest BCUT2D eigenvalue weighted by Gasteiger charge is -2.31. The number of nitrogens with zero attached hydrogens (tertiary/aromatic N) is 1. The zero-order valence-corrected chi connectivity index (χ0v) is 15.2. The molecule has 2 N–H and O–H groups in total. The number of aromatic hydroxyl groups is 1. The van der Waals surface area contributed by atoms with E-state index in [1.807, 2.05) is 0 Å². The van der Waals surface area contributed by atoms with Gasteiger partial charge in [-0.05, 0) is 36.5 Å². The summed E-state index contributed by atoms with van der Waals surface area (Å²) >= 11 is 5.95. The third-order valence-corrected chi connectivity index (χ3v) is 5.30. The average Bonchev–Trinajstić information content (AvgIpc) is 2.66. The van der Waals surface area contributed by atoms with Crippen LogP contribution in [0.5, 0.6) is 5.75 Å². The maximum absolute atomic E-state index is 12.8. The van der Waals surface area contributed by atoms with Crippen LogP contribution in [0.15, 0.2) is 29.3 Å². The Balaban J connectivity index is 1.79. The minimum absolute atomic E-state index is 0.0358. The van der Waals surface area contributed by atoms with E-state index in [9.17, 15) is 14.7 Å². The Bertz CT molecular complexity index is 701. The fourth-order valence-electron chi connectivity index (χ4n) is 3.66. The van der Waals surface area contributed by atoms with Gasteiger partial charge in [0.2, 0.25) is 0 Å². The number of amides is 2. The molecule has 1 aliphatic heterocycles. The summed E-state index contributed by atoms with van der Waals surface area (Å²) in [5.74, 6) is -0.826. The molecule has 0 bridgehead atoms. The second-order valence-electron chi connectivity index (χ2n) is 6.87. The van der Waals surface area contributed by atoms with Gasteiger partial charge < -0.3 is 15.2 Å². The number of rotatable bonds is 5. The van der Waals surface area contributed by atoms with Crippen molar-refractivity contribution in [3.05, 3.63) is 29.8 Å². The number of carbonyl (C=O) groups is 2. The van der Waals surface area contributed by atoms with Crippen LogP contribution in [0.25, 0.3) is 0 Å². The predicted molar refractivity (Wildman–Crippen MR) is 98.6 cm³/mol. The predicted octanol–water partition coefficient (Wildman–Crippen LogP) is 3.58. The number of benzene rings is 1. The van der Waals surface area contributed by atoms with Gasteiger partial charge in [0.15, 0.2) is 0 Å². The summed E-state index contributed by atoms with van der Waals surface area (Å²) < 4.78 is 5.58. The minimum atomic E-state index is -0.796. The molecule has 1 aromatic carbocycles. The van der Waals surface area contributed by atoms with Crippen molar-refractivity contribution in [3.8, 4) is 5.75 Å². The summed E-state index contributed by atoms with van der Waals surface area (Å²) in [5, 5.41) is 12.4. The van der Waals surface area contributed by atoms with Gasteiger partial charge in [-0.25, -0.2) is 9.79 Å². The summed E-state index contributed by atoms with van der Waals surface area (Å²) in [6.07, 6.45) is 5.72. The first-order valence-electron chi connectivity index (χ1n) is 8.98. The number of urea groups is 1. The number of hydrogen-bond donors (Lipinski definition) is 2. The molecule has 1 aliphatic carbocycles. The third kappa shape index (κ3) is 4.36. The molecule has 140 valence electrons. The molecule has 1 saturated carbocycles. The quantitative estimate of drug-likeness (QED) is 0.605. The molecule has 1 fully saturated rings. The van der Waals surface area contributed by atoms with Gasteiger partial charge in [-0.2, -0.15) is 0 Å². The molecular formula is C19H23ClN2O4. The molecule has 2 unspecified atom stereocenters. The van der Waals surface area contributed by atoms with E-state index in [0.717, 1.165) is 12.8 Å². The molecule has 0 radical (unpaired) electrons. The lowest BCUT2D eigenvalue weighted by atomic mass is 9.87. The molecule has 1 heterocycles. The van der Waals surface area contributed by atoms with Crippen molar-refractivity contribution in [3.63, 3.8) is 0 Å². The lowest BCUT2D eigenvalue weighted by Crippen LogP contribution is -2.46. The SMILES string of the molecule is O=C1N=C(CCl)C(C(=O)OCC2CCCCC2)C(c2cccc(O)c2)N1. The van der Waals surface area contributed by atoms with Gasteiger partial charge in [-0.3, -0.25) is 4.79 Å². The largest absolute Gasteiger partial charge is 0.508 e. The van der Waals surface area contributed by atoms with Gasteiger partial charge in [-0.1, -0.05) is 31.4 Å². The lowest BCUT2D eigenvalue weighted by molar-refractivity contribution is -0.148. The Kier molecular flexibility index (Phi) is 6.14. The molecule has 0 aromatic heterocycles. The van der Waals surface area contributed by atoms with E-state index in [1.165, 1.54) is 31.4 Å². The normalized spacial score (nSPS) is 23.9. The van der Waals surface area contributed by atoms with Gasteiger partial charge in [0.25, 0.3) is 0 Å². The average molecular weight is 379 g/mol. The van der Waals surface area contributed by atoms with Crippen LogP contribution in [0.4, 0.5) is 4.79 Å². The number of carbonyl (C=O) groups excluding carboxylic acids is 2. The number of esters is 1. The van der Waals surface area contributed by atoms with Gasteiger partial charge in [0, 0.05) is 0 Å². The molecule has 1 aromatic rings. The molecule has 26 heavy (non-hydrogen) atoms. The molecule has 0 saturated heterocycles. The summed E-state index contributed by atoms with van der Waals surface area (Å²) in [6.45, 7) is 0.381. The molecule has 6 nitrogen and oxygen atoms in total. The molecule has 2 aliphatic rings. The van der Waals surface area contributed by atoms with E-state index in [-0.39, 0.29) is 17.3 Å². The van der Waals surface area contributed by atoms with E-state index in [1.54, 1.807) is 12.1 Å². The Morgan fingerprint density at radius 2 is 2.08 bits per heavy atom. The van der Waals surface area contributed by atoms with Crippen LogP contribution in [0.1, 0.15) is 43.7 Å². The van der Waals surface area contributed by atoms with Crippen molar-refractivity contribution < 1.29 is 19.4 Å². The summed E-state index contributed by atoms with van der Waals surface area (Å²) in [7, 11) is 0. The van der Waals surface area contributed by atoms with Gasteiger partial charge in [0.05, 0.1) is 24.2 Å². The molecule has 3 rings (SSSR count). The van der Waals surface area contributed by atoms with Crippen molar-refractivity contribution in [1.82, 2.24) is 5.32 Å². The maximum Gasteiger partial charge on any atom is 0.341 e. The smallest absolute Gasteiger partial charge is 0.341 e. The van der Waals surface area contributed by atoms with Crippen LogP contribution in [0, 0.1) is 11.8 Å². The van der Waals surface area contributed by atoms with E-state index in [4.69, 9.17) is 16.3 Å². The fraction of sp³-hybridized carbons (Fsp3) is 0.526.